The molecule has 0 spiro atoms. The zero-order valence-corrected chi connectivity index (χ0v) is 9.21. The summed E-state index contributed by atoms with van der Waals surface area (Å²) < 4.78 is 0. The summed E-state index contributed by atoms with van der Waals surface area (Å²) >= 11 is 0. The molecule has 0 saturated carbocycles. The number of hydrogen-bond acceptors (Lipinski definition) is 2. The minimum atomic E-state index is 0.515. The lowest BCUT2D eigenvalue weighted by Crippen LogP contribution is -2.69. The summed E-state index contributed by atoms with van der Waals surface area (Å²) in [6.45, 7) is 12.3. The van der Waals surface area contributed by atoms with Crippen molar-refractivity contribution >= 4 is 0 Å². The molecular weight excluding hydrogens is 160 g/mol. The Kier molecular flexibility index (Phi) is 2.37. The van der Waals surface area contributed by atoms with Gasteiger partial charge in [0.2, 0.25) is 0 Å². The molecular formula is C11H22N2. The van der Waals surface area contributed by atoms with Gasteiger partial charge in [0.15, 0.2) is 0 Å². The quantitative estimate of drug-likeness (QED) is 0.639. The molecule has 2 heterocycles. The molecule has 2 rings (SSSR count). The lowest BCUT2D eigenvalue weighted by Gasteiger charge is -2.54. The predicted molar refractivity (Wildman–Crippen MR) is 55.9 cm³/mol. The van der Waals surface area contributed by atoms with Crippen LogP contribution in [0.4, 0.5) is 0 Å². The molecule has 2 saturated heterocycles. The Hall–Kier alpha value is -0.0800. The number of likely N-dealkylation sites (tertiary alicyclic amines) is 2. The minimum absolute atomic E-state index is 0.515. The molecule has 0 aliphatic carbocycles. The molecule has 0 N–H and O–H groups in total. The number of rotatable bonds is 2. The maximum absolute atomic E-state index is 2.69. The molecule has 0 aromatic carbocycles. The van der Waals surface area contributed by atoms with Crippen LogP contribution >= 0.6 is 0 Å². The molecule has 0 atom stereocenters. The van der Waals surface area contributed by atoms with Gasteiger partial charge in [-0.1, -0.05) is 0 Å². The van der Waals surface area contributed by atoms with Gasteiger partial charge in [0.05, 0.1) is 0 Å². The van der Waals surface area contributed by atoms with Gasteiger partial charge in [-0.15, -0.1) is 0 Å². The molecule has 0 aromatic rings. The van der Waals surface area contributed by atoms with E-state index >= 15 is 0 Å². The van der Waals surface area contributed by atoms with E-state index in [4.69, 9.17) is 0 Å². The van der Waals surface area contributed by atoms with Crippen LogP contribution < -0.4 is 0 Å². The molecule has 2 fully saturated rings. The molecule has 0 unspecified atom stereocenters. The van der Waals surface area contributed by atoms with Crippen LogP contribution in [0.2, 0.25) is 0 Å². The molecule has 0 amide bonds. The first kappa shape index (κ1) is 9.47. The average Bonchev–Trinajstić information content (AvgIpc) is 2.49. The standard InChI is InChI=1S/C11H22N2/c1-10(2)12-8-11(3,9-12)13-6-4-5-7-13/h10H,4-9H2,1-3H3. The van der Waals surface area contributed by atoms with Gasteiger partial charge in [0.1, 0.15) is 0 Å². The second kappa shape index (κ2) is 3.25. The highest BCUT2D eigenvalue weighted by molar-refractivity contribution is 5.02. The fraction of sp³-hybridized carbons (Fsp3) is 1.00. The maximum atomic E-state index is 2.69. The maximum Gasteiger partial charge on any atom is 0.0435 e. The van der Waals surface area contributed by atoms with Gasteiger partial charge in [0, 0.05) is 24.7 Å². The van der Waals surface area contributed by atoms with Crippen molar-refractivity contribution in [2.24, 2.45) is 0 Å². The lowest BCUT2D eigenvalue weighted by atomic mass is 9.89. The SMILES string of the molecule is CC(C)N1CC(C)(N2CCCC2)C1. The van der Waals surface area contributed by atoms with Crippen molar-refractivity contribution in [2.75, 3.05) is 26.2 Å². The highest BCUT2D eigenvalue weighted by atomic mass is 15.4. The van der Waals surface area contributed by atoms with Crippen molar-refractivity contribution in [1.29, 1.82) is 0 Å². The van der Waals surface area contributed by atoms with E-state index in [0.717, 1.165) is 6.04 Å². The van der Waals surface area contributed by atoms with Gasteiger partial charge in [-0.2, -0.15) is 0 Å². The monoisotopic (exact) mass is 182 g/mol. The van der Waals surface area contributed by atoms with Crippen molar-refractivity contribution in [3.05, 3.63) is 0 Å². The van der Waals surface area contributed by atoms with Crippen LogP contribution in [-0.4, -0.2) is 47.6 Å². The van der Waals surface area contributed by atoms with Crippen molar-refractivity contribution in [3.8, 4) is 0 Å². The Labute approximate surface area is 81.9 Å². The third-order valence-electron chi connectivity index (χ3n) is 3.69. The molecule has 2 aliphatic heterocycles. The van der Waals surface area contributed by atoms with E-state index < -0.39 is 0 Å². The van der Waals surface area contributed by atoms with E-state index in [1.807, 2.05) is 0 Å². The van der Waals surface area contributed by atoms with Crippen molar-refractivity contribution in [3.63, 3.8) is 0 Å². The molecule has 13 heavy (non-hydrogen) atoms. The van der Waals surface area contributed by atoms with Crippen LogP contribution in [0, 0.1) is 0 Å². The van der Waals surface area contributed by atoms with E-state index in [9.17, 15) is 0 Å². The second-order valence-electron chi connectivity index (χ2n) is 5.19. The Morgan fingerprint density at radius 3 is 2.08 bits per heavy atom. The molecule has 2 aliphatic rings. The summed E-state index contributed by atoms with van der Waals surface area (Å²) in [6.07, 6.45) is 2.83. The van der Waals surface area contributed by atoms with Gasteiger partial charge < -0.3 is 0 Å². The first-order valence-corrected chi connectivity index (χ1v) is 5.61. The summed E-state index contributed by atoms with van der Waals surface area (Å²) in [5.74, 6) is 0. The minimum Gasteiger partial charge on any atom is -0.297 e. The molecule has 2 nitrogen and oxygen atoms in total. The summed E-state index contributed by atoms with van der Waals surface area (Å²) in [5.41, 5.74) is 0.515. The van der Waals surface area contributed by atoms with Crippen LogP contribution in [0.1, 0.15) is 33.6 Å². The molecule has 76 valence electrons. The Morgan fingerprint density at radius 1 is 1.08 bits per heavy atom. The van der Waals surface area contributed by atoms with Crippen LogP contribution in [0.15, 0.2) is 0 Å². The Bertz CT molecular complexity index is 177. The largest absolute Gasteiger partial charge is 0.297 e. The van der Waals surface area contributed by atoms with Crippen molar-refractivity contribution < 1.29 is 0 Å². The summed E-state index contributed by atoms with van der Waals surface area (Å²) in [6, 6.07) is 0.732. The van der Waals surface area contributed by atoms with Gasteiger partial charge in [-0.05, 0) is 46.7 Å². The van der Waals surface area contributed by atoms with E-state index in [0.29, 0.717) is 5.54 Å². The molecule has 0 aromatic heterocycles. The zero-order chi connectivity index (χ0) is 9.47. The van der Waals surface area contributed by atoms with Gasteiger partial charge >= 0.3 is 0 Å². The van der Waals surface area contributed by atoms with Gasteiger partial charge in [-0.25, -0.2) is 0 Å². The third kappa shape index (κ3) is 1.62. The van der Waals surface area contributed by atoms with Gasteiger partial charge in [-0.3, -0.25) is 9.80 Å². The smallest absolute Gasteiger partial charge is 0.0435 e. The first-order chi connectivity index (χ1) is 6.12. The predicted octanol–water partition coefficient (Wildman–Crippen LogP) is 1.56. The molecule has 0 bridgehead atoms. The number of hydrogen-bond donors (Lipinski definition) is 0. The van der Waals surface area contributed by atoms with Crippen LogP contribution in [0.25, 0.3) is 0 Å². The first-order valence-electron chi connectivity index (χ1n) is 5.61. The highest BCUT2D eigenvalue weighted by Crippen LogP contribution is 2.31. The van der Waals surface area contributed by atoms with Gasteiger partial charge in [0.25, 0.3) is 0 Å². The van der Waals surface area contributed by atoms with Crippen molar-refractivity contribution in [2.45, 2.75) is 45.2 Å². The van der Waals surface area contributed by atoms with E-state index in [1.54, 1.807) is 0 Å². The summed E-state index contributed by atoms with van der Waals surface area (Å²) in [4.78, 5) is 5.25. The zero-order valence-electron chi connectivity index (χ0n) is 9.21. The topological polar surface area (TPSA) is 6.48 Å². The van der Waals surface area contributed by atoms with Crippen LogP contribution in [0.3, 0.4) is 0 Å². The average molecular weight is 182 g/mol. The lowest BCUT2D eigenvalue weighted by molar-refractivity contribution is -0.0467. The fourth-order valence-corrected chi connectivity index (χ4v) is 2.65. The summed E-state index contributed by atoms with van der Waals surface area (Å²) in [5, 5.41) is 0. The Morgan fingerprint density at radius 2 is 1.62 bits per heavy atom. The third-order valence-corrected chi connectivity index (χ3v) is 3.69. The highest BCUT2D eigenvalue weighted by Gasteiger charge is 2.44. The normalized spacial score (nSPS) is 29.5. The van der Waals surface area contributed by atoms with Crippen molar-refractivity contribution in [1.82, 2.24) is 9.80 Å². The molecule has 0 radical (unpaired) electrons. The van der Waals surface area contributed by atoms with E-state index in [2.05, 4.69) is 30.6 Å². The summed E-state index contributed by atoms with van der Waals surface area (Å²) in [7, 11) is 0. The van der Waals surface area contributed by atoms with Crippen LogP contribution in [0.5, 0.6) is 0 Å². The second-order valence-corrected chi connectivity index (χ2v) is 5.19. The number of nitrogens with zero attached hydrogens (tertiary/aromatic N) is 2. The fourth-order valence-electron chi connectivity index (χ4n) is 2.65. The molecule has 2 heteroatoms. The Balaban J connectivity index is 1.87. The van der Waals surface area contributed by atoms with E-state index in [1.165, 1.54) is 39.0 Å². The van der Waals surface area contributed by atoms with Crippen LogP contribution in [-0.2, 0) is 0 Å². The van der Waals surface area contributed by atoms with E-state index in [-0.39, 0.29) is 0 Å².